The number of amides is 1. The molecule has 1 aromatic carbocycles. The predicted octanol–water partition coefficient (Wildman–Crippen LogP) is 3.87. The van der Waals surface area contributed by atoms with Crippen LogP contribution in [0.1, 0.15) is 48.3 Å². The van der Waals surface area contributed by atoms with E-state index in [1.807, 2.05) is 0 Å². The van der Waals surface area contributed by atoms with Crippen molar-refractivity contribution in [3.8, 4) is 0 Å². The largest absolute Gasteiger partial charge is 0.352 e. The molecule has 0 radical (unpaired) electrons. The first-order valence-corrected chi connectivity index (χ1v) is 7.52. The van der Waals surface area contributed by atoms with Gasteiger partial charge in [0.1, 0.15) is 0 Å². The maximum Gasteiger partial charge on any atom is 0.253 e. The van der Waals surface area contributed by atoms with Gasteiger partial charge in [-0.25, -0.2) is 0 Å². The van der Waals surface area contributed by atoms with Crippen LogP contribution in [0.2, 0.25) is 5.02 Å². The molecule has 0 saturated heterocycles. The SMILES string of the molecule is CCCCCNC(=O)c1cn(C(C)=O)c2ccc(Cl)cc12. The molecule has 0 aliphatic carbocycles. The third-order valence-electron chi connectivity index (χ3n) is 3.42. The third-order valence-corrected chi connectivity index (χ3v) is 3.65. The Kier molecular flexibility index (Phi) is 5.02. The predicted molar refractivity (Wildman–Crippen MR) is 85.1 cm³/mol. The molecule has 1 aromatic heterocycles. The molecule has 1 amide bonds. The Morgan fingerprint density at radius 3 is 2.71 bits per heavy atom. The molecule has 0 saturated carbocycles. The van der Waals surface area contributed by atoms with Crippen LogP contribution in [-0.4, -0.2) is 22.9 Å². The molecule has 1 N–H and O–H groups in total. The molecule has 0 aliphatic rings. The minimum absolute atomic E-state index is 0.132. The number of hydrogen-bond acceptors (Lipinski definition) is 2. The van der Waals surface area contributed by atoms with Crippen LogP contribution >= 0.6 is 11.6 Å². The van der Waals surface area contributed by atoms with E-state index in [1.165, 1.54) is 11.5 Å². The fourth-order valence-electron chi connectivity index (χ4n) is 2.32. The molecule has 0 aliphatic heterocycles. The molecule has 0 unspecified atom stereocenters. The van der Waals surface area contributed by atoms with Gasteiger partial charge in [0.2, 0.25) is 5.91 Å². The van der Waals surface area contributed by atoms with Gasteiger partial charge in [-0.3, -0.25) is 14.2 Å². The van der Waals surface area contributed by atoms with Crippen molar-refractivity contribution in [2.75, 3.05) is 6.54 Å². The summed E-state index contributed by atoms with van der Waals surface area (Å²) in [5.74, 6) is -0.300. The zero-order valence-electron chi connectivity index (χ0n) is 12.3. The number of hydrogen-bond donors (Lipinski definition) is 1. The van der Waals surface area contributed by atoms with E-state index in [1.54, 1.807) is 24.4 Å². The lowest BCUT2D eigenvalue weighted by atomic mass is 10.1. The minimum atomic E-state index is -0.168. The van der Waals surface area contributed by atoms with Crippen molar-refractivity contribution in [3.63, 3.8) is 0 Å². The van der Waals surface area contributed by atoms with Gasteiger partial charge in [-0.2, -0.15) is 0 Å². The number of carbonyl (C=O) groups excluding carboxylic acids is 2. The Morgan fingerprint density at radius 2 is 2.05 bits per heavy atom. The number of carbonyl (C=O) groups is 2. The van der Waals surface area contributed by atoms with Gasteiger partial charge in [0, 0.05) is 30.1 Å². The Hall–Kier alpha value is -1.81. The van der Waals surface area contributed by atoms with Crippen molar-refractivity contribution < 1.29 is 9.59 Å². The Balaban J connectivity index is 2.32. The Morgan fingerprint density at radius 1 is 1.29 bits per heavy atom. The average molecular weight is 307 g/mol. The lowest BCUT2D eigenvalue weighted by molar-refractivity contribution is 0.0941. The maximum absolute atomic E-state index is 12.3. The molecule has 112 valence electrons. The Bertz CT molecular complexity index is 676. The van der Waals surface area contributed by atoms with Crippen LogP contribution in [-0.2, 0) is 0 Å². The number of benzene rings is 1. The first-order valence-electron chi connectivity index (χ1n) is 7.14. The van der Waals surface area contributed by atoms with Crippen molar-refractivity contribution in [3.05, 3.63) is 35.0 Å². The van der Waals surface area contributed by atoms with Crippen molar-refractivity contribution in [2.24, 2.45) is 0 Å². The quantitative estimate of drug-likeness (QED) is 0.852. The zero-order chi connectivity index (χ0) is 15.4. The van der Waals surface area contributed by atoms with Crippen molar-refractivity contribution in [2.45, 2.75) is 33.1 Å². The number of unbranched alkanes of at least 4 members (excludes halogenated alkanes) is 2. The summed E-state index contributed by atoms with van der Waals surface area (Å²) in [4.78, 5) is 24.0. The van der Waals surface area contributed by atoms with Gasteiger partial charge in [0.25, 0.3) is 5.91 Å². The topological polar surface area (TPSA) is 51.1 Å². The molecule has 0 fully saturated rings. The van der Waals surface area contributed by atoms with Crippen molar-refractivity contribution >= 4 is 34.3 Å². The van der Waals surface area contributed by atoms with Gasteiger partial charge >= 0.3 is 0 Å². The molecule has 21 heavy (non-hydrogen) atoms. The number of nitrogens with zero attached hydrogens (tertiary/aromatic N) is 1. The summed E-state index contributed by atoms with van der Waals surface area (Å²) in [5, 5.41) is 4.14. The highest BCUT2D eigenvalue weighted by Gasteiger charge is 2.16. The van der Waals surface area contributed by atoms with Gasteiger partial charge in [0.15, 0.2) is 0 Å². The Labute approximate surface area is 129 Å². The number of fused-ring (bicyclic) bond motifs is 1. The molecule has 0 atom stereocenters. The number of nitrogens with one attached hydrogen (secondary N) is 1. The smallest absolute Gasteiger partial charge is 0.253 e. The zero-order valence-corrected chi connectivity index (χ0v) is 13.0. The standard InChI is InChI=1S/C16H19ClN2O2/c1-3-4-5-8-18-16(21)14-10-19(11(2)20)15-7-6-12(17)9-13(14)15/h6-7,9-10H,3-5,8H2,1-2H3,(H,18,21). The molecule has 2 rings (SSSR count). The molecule has 5 heteroatoms. The van der Waals surface area contributed by atoms with Crippen LogP contribution in [0.25, 0.3) is 10.9 Å². The van der Waals surface area contributed by atoms with E-state index in [0.717, 1.165) is 19.3 Å². The van der Waals surface area contributed by atoms with Crippen LogP contribution in [0.4, 0.5) is 0 Å². The molecule has 0 spiro atoms. The second-order valence-corrected chi connectivity index (χ2v) is 5.49. The van der Waals surface area contributed by atoms with Gasteiger partial charge in [-0.1, -0.05) is 31.4 Å². The monoisotopic (exact) mass is 306 g/mol. The van der Waals surface area contributed by atoms with Crippen molar-refractivity contribution in [1.82, 2.24) is 9.88 Å². The minimum Gasteiger partial charge on any atom is -0.352 e. The summed E-state index contributed by atoms with van der Waals surface area (Å²) in [6, 6.07) is 5.19. The molecule has 4 nitrogen and oxygen atoms in total. The van der Waals surface area contributed by atoms with E-state index in [0.29, 0.717) is 28.0 Å². The van der Waals surface area contributed by atoms with E-state index in [4.69, 9.17) is 11.6 Å². The van der Waals surface area contributed by atoms with Gasteiger partial charge in [-0.05, 0) is 24.6 Å². The summed E-state index contributed by atoms with van der Waals surface area (Å²) >= 11 is 6.00. The highest BCUT2D eigenvalue weighted by molar-refractivity contribution is 6.31. The molecule has 1 heterocycles. The lowest BCUT2D eigenvalue weighted by Crippen LogP contribution is -2.24. The van der Waals surface area contributed by atoms with E-state index < -0.39 is 0 Å². The van der Waals surface area contributed by atoms with E-state index in [2.05, 4.69) is 12.2 Å². The van der Waals surface area contributed by atoms with Gasteiger partial charge in [0.05, 0.1) is 11.1 Å². The molecular weight excluding hydrogens is 288 g/mol. The summed E-state index contributed by atoms with van der Waals surface area (Å²) in [7, 11) is 0. The number of aromatic nitrogens is 1. The second-order valence-electron chi connectivity index (χ2n) is 5.06. The van der Waals surface area contributed by atoms with Crippen LogP contribution in [0, 0.1) is 0 Å². The summed E-state index contributed by atoms with van der Waals surface area (Å²) in [5.41, 5.74) is 1.19. The molecule has 2 aromatic rings. The number of halogens is 1. The summed E-state index contributed by atoms with van der Waals surface area (Å²) in [6.45, 7) is 4.22. The van der Waals surface area contributed by atoms with E-state index in [-0.39, 0.29) is 11.8 Å². The second kappa shape index (κ2) is 6.76. The van der Waals surface area contributed by atoms with E-state index >= 15 is 0 Å². The van der Waals surface area contributed by atoms with E-state index in [9.17, 15) is 9.59 Å². The highest BCUT2D eigenvalue weighted by Crippen LogP contribution is 2.25. The first-order chi connectivity index (χ1) is 10.0. The highest BCUT2D eigenvalue weighted by atomic mass is 35.5. The molecular formula is C16H19ClN2O2. The average Bonchev–Trinajstić information content (AvgIpc) is 2.82. The third kappa shape index (κ3) is 3.45. The lowest BCUT2D eigenvalue weighted by Gasteiger charge is -2.03. The normalized spacial score (nSPS) is 10.8. The van der Waals surface area contributed by atoms with Gasteiger partial charge in [-0.15, -0.1) is 0 Å². The molecule has 0 bridgehead atoms. The van der Waals surface area contributed by atoms with Gasteiger partial charge < -0.3 is 5.32 Å². The fourth-order valence-corrected chi connectivity index (χ4v) is 2.49. The maximum atomic E-state index is 12.3. The van der Waals surface area contributed by atoms with Crippen LogP contribution < -0.4 is 5.32 Å². The summed E-state index contributed by atoms with van der Waals surface area (Å²) in [6.07, 6.45) is 4.73. The van der Waals surface area contributed by atoms with Crippen LogP contribution in [0.5, 0.6) is 0 Å². The fraction of sp³-hybridized carbons (Fsp3) is 0.375. The number of rotatable bonds is 5. The first kappa shape index (κ1) is 15.6. The van der Waals surface area contributed by atoms with Crippen LogP contribution in [0.3, 0.4) is 0 Å². The van der Waals surface area contributed by atoms with Crippen molar-refractivity contribution in [1.29, 1.82) is 0 Å². The summed E-state index contributed by atoms with van der Waals surface area (Å²) < 4.78 is 1.48. The van der Waals surface area contributed by atoms with Crippen LogP contribution in [0.15, 0.2) is 24.4 Å².